The number of fused-ring (bicyclic) bond motifs is 1. The molecule has 24 heavy (non-hydrogen) atoms. The van der Waals surface area contributed by atoms with Gasteiger partial charge in [0, 0.05) is 12.7 Å². The van der Waals surface area contributed by atoms with Crippen molar-refractivity contribution in [2.75, 3.05) is 11.8 Å². The largest absolute Gasteiger partial charge is 0.280 e. The van der Waals surface area contributed by atoms with E-state index >= 15 is 0 Å². The third-order valence-corrected chi connectivity index (χ3v) is 5.38. The first kappa shape index (κ1) is 16.2. The van der Waals surface area contributed by atoms with Crippen LogP contribution in [0.3, 0.4) is 0 Å². The van der Waals surface area contributed by atoms with Crippen molar-refractivity contribution in [3.8, 4) is 0 Å². The standard InChI is InChI=1S/C17H16N2O4S/c1-3-11-4-7-13(8-5-11)24(22,23)18-12-6-9-14-15(10-12)17(21)19(2)16(14)20/h4-10,18H,3H2,1-2H3. The van der Waals surface area contributed by atoms with E-state index in [1.54, 1.807) is 12.1 Å². The summed E-state index contributed by atoms with van der Waals surface area (Å²) in [4.78, 5) is 25.0. The third-order valence-electron chi connectivity index (χ3n) is 3.98. The zero-order valence-electron chi connectivity index (χ0n) is 13.2. The molecule has 2 aromatic carbocycles. The molecule has 1 aliphatic rings. The number of benzene rings is 2. The van der Waals surface area contributed by atoms with Crippen LogP contribution in [0.15, 0.2) is 47.4 Å². The van der Waals surface area contributed by atoms with Crippen LogP contribution in [0, 0.1) is 0 Å². The summed E-state index contributed by atoms with van der Waals surface area (Å²) in [7, 11) is -2.37. The number of amides is 2. The van der Waals surface area contributed by atoms with Crippen molar-refractivity contribution in [2.45, 2.75) is 18.2 Å². The number of hydrogen-bond acceptors (Lipinski definition) is 4. The summed E-state index contributed by atoms with van der Waals surface area (Å²) in [6.07, 6.45) is 0.822. The molecule has 0 atom stereocenters. The maximum atomic E-state index is 12.4. The molecule has 0 aromatic heterocycles. The van der Waals surface area contributed by atoms with Gasteiger partial charge in [-0.2, -0.15) is 0 Å². The molecule has 0 spiro atoms. The molecule has 0 unspecified atom stereocenters. The number of carbonyl (C=O) groups is 2. The zero-order chi connectivity index (χ0) is 17.5. The van der Waals surface area contributed by atoms with Crippen LogP contribution < -0.4 is 4.72 Å². The number of sulfonamides is 1. The molecule has 1 aliphatic heterocycles. The predicted molar refractivity (Wildman–Crippen MR) is 89.5 cm³/mol. The van der Waals surface area contributed by atoms with Gasteiger partial charge in [0.25, 0.3) is 21.8 Å². The van der Waals surface area contributed by atoms with Crippen molar-refractivity contribution in [2.24, 2.45) is 0 Å². The Morgan fingerprint density at radius 1 is 0.958 bits per heavy atom. The van der Waals surface area contributed by atoms with Crippen molar-refractivity contribution in [1.29, 1.82) is 0 Å². The Hall–Kier alpha value is -2.67. The maximum absolute atomic E-state index is 12.4. The second-order valence-corrected chi connectivity index (χ2v) is 7.22. The van der Waals surface area contributed by atoms with Crippen LogP contribution in [0.1, 0.15) is 33.2 Å². The molecule has 0 aliphatic carbocycles. The van der Waals surface area contributed by atoms with E-state index < -0.39 is 15.9 Å². The summed E-state index contributed by atoms with van der Waals surface area (Å²) in [6, 6.07) is 10.9. The quantitative estimate of drug-likeness (QED) is 0.863. The molecule has 124 valence electrons. The summed E-state index contributed by atoms with van der Waals surface area (Å²) in [5.74, 6) is -0.831. The zero-order valence-corrected chi connectivity index (χ0v) is 14.1. The van der Waals surface area contributed by atoms with Gasteiger partial charge < -0.3 is 0 Å². The van der Waals surface area contributed by atoms with E-state index in [1.165, 1.54) is 37.4 Å². The number of carbonyl (C=O) groups excluding carboxylic acids is 2. The van der Waals surface area contributed by atoms with Gasteiger partial charge in [-0.3, -0.25) is 19.2 Å². The summed E-state index contributed by atoms with van der Waals surface area (Å²) >= 11 is 0. The normalized spacial score (nSPS) is 14.0. The van der Waals surface area contributed by atoms with Gasteiger partial charge in [-0.1, -0.05) is 19.1 Å². The first-order valence-corrected chi connectivity index (χ1v) is 8.90. The molecule has 1 N–H and O–H groups in total. The van der Waals surface area contributed by atoms with Gasteiger partial charge in [-0.05, 0) is 42.3 Å². The van der Waals surface area contributed by atoms with E-state index in [0.717, 1.165) is 16.9 Å². The summed E-state index contributed by atoms with van der Waals surface area (Å²) in [5, 5.41) is 0. The molecule has 0 saturated carbocycles. The van der Waals surface area contributed by atoms with Crippen LogP contribution in [0.25, 0.3) is 0 Å². The highest BCUT2D eigenvalue weighted by molar-refractivity contribution is 7.92. The van der Waals surface area contributed by atoms with Crippen molar-refractivity contribution < 1.29 is 18.0 Å². The fraction of sp³-hybridized carbons (Fsp3) is 0.176. The van der Waals surface area contributed by atoms with Gasteiger partial charge in [-0.25, -0.2) is 8.42 Å². The van der Waals surface area contributed by atoms with Crippen LogP contribution in [-0.4, -0.2) is 32.2 Å². The Labute approximate surface area is 140 Å². The number of aryl methyl sites for hydroxylation is 1. The molecule has 6 nitrogen and oxygen atoms in total. The van der Waals surface area contributed by atoms with E-state index in [4.69, 9.17) is 0 Å². The number of nitrogens with zero attached hydrogens (tertiary/aromatic N) is 1. The first-order valence-electron chi connectivity index (χ1n) is 7.41. The van der Waals surface area contributed by atoms with Crippen molar-refractivity contribution in [1.82, 2.24) is 4.90 Å². The van der Waals surface area contributed by atoms with E-state index in [1.807, 2.05) is 6.92 Å². The minimum absolute atomic E-state index is 0.139. The number of nitrogens with one attached hydrogen (secondary N) is 1. The first-order chi connectivity index (χ1) is 11.3. The highest BCUT2D eigenvalue weighted by Gasteiger charge is 2.33. The lowest BCUT2D eigenvalue weighted by atomic mass is 10.1. The fourth-order valence-electron chi connectivity index (χ4n) is 2.54. The molecule has 3 rings (SSSR count). The number of anilines is 1. The number of rotatable bonds is 4. The molecular weight excluding hydrogens is 328 g/mol. The van der Waals surface area contributed by atoms with Gasteiger partial charge in [0.15, 0.2) is 0 Å². The summed E-state index contributed by atoms with van der Waals surface area (Å²) in [6.45, 7) is 1.99. The highest BCUT2D eigenvalue weighted by atomic mass is 32.2. The Kier molecular flexibility index (Phi) is 3.88. The average Bonchev–Trinajstić information content (AvgIpc) is 2.79. The van der Waals surface area contributed by atoms with E-state index in [9.17, 15) is 18.0 Å². The van der Waals surface area contributed by atoms with Gasteiger partial charge >= 0.3 is 0 Å². The lowest BCUT2D eigenvalue weighted by molar-refractivity contribution is 0.0693. The minimum Gasteiger partial charge on any atom is -0.280 e. The van der Waals surface area contributed by atoms with E-state index in [2.05, 4.69) is 4.72 Å². The monoisotopic (exact) mass is 344 g/mol. The van der Waals surface area contributed by atoms with Gasteiger partial charge in [0.1, 0.15) is 0 Å². The van der Waals surface area contributed by atoms with Crippen LogP contribution in [-0.2, 0) is 16.4 Å². The third kappa shape index (κ3) is 2.67. The minimum atomic E-state index is -3.76. The van der Waals surface area contributed by atoms with Crippen LogP contribution in [0.2, 0.25) is 0 Å². The maximum Gasteiger partial charge on any atom is 0.261 e. The molecule has 7 heteroatoms. The molecule has 0 saturated heterocycles. The molecule has 0 radical (unpaired) electrons. The Morgan fingerprint density at radius 2 is 1.58 bits per heavy atom. The van der Waals surface area contributed by atoms with Gasteiger partial charge in [-0.15, -0.1) is 0 Å². The molecular formula is C17H16N2O4S. The SMILES string of the molecule is CCc1ccc(S(=O)(=O)Nc2ccc3c(c2)C(=O)N(C)C3=O)cc1. The van der Waals surface area contributed by atoms with Crippen LogP contribution in [0.4, 0.5) is 5.69 Å². The van der Waals surface area contributed by atoms with Crippen molar-refractivity contribution in [3.05, 3.63) is 59.2 Å². The molecule has 1 heterocycles. The Bertz CT molecular complexity index is 934. The van der Waals surface area contributed by atoms with E-state index in [0.29, 0.717) is 0 Å². The number of hydrogen-bond donors (Lipinski definition) is 1. The highest BCUT2D eigenvalue weighted by Crippen LogP contribution is 2.26. The fourth-order valence-corrected chi connectivity index (χ4v) is 3.59. The average molecular weight is 344 g/mol. The number of imide groups is 1. The lowest BCUT2D eigenvalue weighted by Gasteiger charge is -2.09. The summed E-state index contributed by atoms with van der Waals surface area (Å²) in [5.41, 5.74) is 1.75. The Balaban J connectivity index is 1.91. The van der Waals surface area contributed by atoms with Gasteiger partial charge in [0.2, 0.25) is 0 Å². The molecule has 0 fully saturated rings. The van der Waals surface area contributed by atoms with Crippen molar-refractivity contribution >= 4 is 27.5 Å². The summed E-state index contributed by atoms with van der Waals surface area (Å²) < 4.78 is 27.3. The second-order valence-electron chi connectivity index (χ2n) is 5.53. The predicted octanol–water partition coefficient (Wildman–Crippen LogP) is 2.28. The topological polar surface area (TPSA) is 83.6 Å². The lowest BCUT2D eigenvalue weighted by Crippen LogP contribution is -2.24. The Morgan fingerprint density at radius 3 is 2.21 bits per heavy atom. The molecule has 2 amide bonds. The second kappa shape index (κ2) is 5.76. The molecule has 2 aromatic rings. The van der Waals surface area contributed by atoms with E-state index in [-0.39, 0.29) is 27.6 Å². The van der Waals surface area contributed by atoms with Crippen LogP contribution in [0.5, 0.6) is 0 Å². The smallest absolute Gasteiger partial charge is 0.261 e. The van der Waals surface area contributed by atoms with Gasteiger partial charge in [0.05, 0.1) is 16.0 Å². The van der Waals surface area contributed by atoms with Crippen LogP contribution >= 0.6 is 0 Å². The van der Waals surface area contributed by atoms with Crippen molar-refractivity contribution in [3.63, 3.8) is 0 Å². The molecule has 0 bridgehead atoms.